The highest BCUT2D eigenvalue weighted by molar-refractivity contribution is 5.29. The van der Waals surface area contributed by atoms with Gasteiger partial charge in [-0.05, 0) is 38.8 Å². The molecule has 1 aliphatic rings. The van der Waals surface area contributed by atoms with Crippen molar-refractivity contribution in [1.82, 2.24) is 15.3 Å². The minimum absolute atomic E-state index is 0.0356. The second-order valence-corrected chi connectivity index (χ2v) is 5.05. The van der Waals surface area contributed by atoms with Crippen LogP contribution in [-0.2, 0) is 6.42 Å². The minimum atomic E-state index is -0.161. The maximum atomic E-state index is 11.8. The number of H-pyrrole nitrogens is 1. The molecule has 1 atom stereocenters. The van der Waals surface area contributed by atoms with Gasteiger partial charge in [-0.15, -0.1) is 0 Å². The van der Waals surface area contributed by atoms with Crippen LogP contribution in [0.3, 0.4) is 0 Å². The summed E-state index contributed by atoms with van der Waals surface area (Å²) < 4.78 is 0. The zero-order chi connectivity index (χ0) is 13.7. The summed E-state index contributed by atoms with van der Waals surface area (Å²) >= 11 is 0. The molecule has 0 bridgehead atoms. The monoisotopic (exact) mass is 266 g/mol. The van der Waals surface area contributed by atoms with Gasteiger partial charge in [-0.25, -0.2) is 4.98 Å². The second-order valence-electron chi connectivity index (χ2n) is 5.05. The average Bonchev–Trinajstić information content (AvgIpc) is 2.42. The molecular formula is C13H22N4O2. The first-order chi connectivity index (χ1) is 9.20. The maximum Gasteiger partial charge on any atom is 0.255 e. The predicted molar refractivity (Wildman–Crippen MR) is 74.5 cm³/mol. The summed E-state index contributed by atoms with van der Waals surface area (Å²) in [7, 11) is 0. The Morgan fingerprint density at radius 3 is 3.00 bits per heavy atom. The molecule has 0 spiro atoms. The third-order valence-corrected chi connectivity index (χ3v) is 3.54. The summed E-state index contributed by atoms with van der Waals surface area (Å²) in [5, 5.41) is 15.5. The summed E-state index contributed by atoms with van der Waals surface area (Å²) in [6.07, 6.45) is 2.75. The number of aliphatic hydroxyl groups excluding tert-OH is 1. The molecule has 2 rings (SSSR count). The first kappa shape index (κ1) is 14.0. The number of aromatic amines is 1. The zero-order valence-electron chi connectivity index (χ0n) is 11.3. The second kappa shape index (κ2) is 6.68. The summed E-state index contributed by atoms with van der Waals surface area (Å²) in [4.78, 5) is 18.9. The van der Waals surface area contributed by atoms with Gasteiger partial charge in [0.1, 0.15) is 0 Å². The lowest BCUT2D eigenvalue weighted by atomic mass is 10.00. The fraction of sp³-hybridized carbons (Fsp3) is 0.692. The van der Waals surface area contributed by atoms with E-state index >= 15 is 0 Å². The van der Waals surface area contributed by atoms with Gasteiger partial charge in [-0.2, -0.15) is 0 Å². The zero-order valence-corrected chi connectivity index (χ0v) is 11.3. The molecule has 0 radical (unpaired) electrons. The van der Waals surface area contributed by atoms with E-state index < -0.39 is 0 Å². The Morgan fingerprint density at radius 2 is 2.37 bits per heavy atom. The third-order valence-electron chi connectivity index (χ3n) is 3.54. The van der Waals surface area contributed by atoms with Gasteiger partial charge in [0.15, 0.2) is 0 Å². The van der Waals surface area contributed by atoms with E-state index in [2.05, 4.69) is 20.6 Å². The van der Waals surface area contributed by atoms with Crippen molar-refractivity contribution >= 4 is 5.95 Å². The van der Waals surface area contributed by atoms with Gasteiger partial charge in [0.25, 0.3) is 5.56 Å². The predicted octanol–water partition coefficient (Wildman–Crippen LogP) is 0.0246. The molecule has 0 saturated carbocycles. The summed E-state index contributed by atoms with van der Waals surface area (Å²) in [6.45, 7) is 4.69. The van der Waals surface area contributed by atoms with E-state index in [9.17, 15) is 4.79 Å². The molecule has 19 heavy (non-hydrogen) atoms. The quantitative estimate of drug-likeness (QED) is 0.603. The van der Waals surface area contributed by atoms with Crippen molar-refractivity contribution in [2.24, 2.45) is 5.92 Å². The number of aliphatic hydroxyl groups is 1. The SMILES string of the molecule is Cc1nc(NCC2CCCNC2)[nH]c(=O)c1CCO. The van der Waals surface area contributed by atoms with E-state index in [-0.39, 0.29) is 12.2 Å². The van der Waals surface area contributed by atoms with Gasteiger partial charge in [0, 0.05) is 25.1 Å². The van der Waals surface area contributed by atoms with Gasteiger partial charge >= 0.3 is 0 Å². The van der Waals surface area contributed by atoms with Gasteiger partial charge in [0.05, 0.1) is 5.69 Å². The highest BCUT2D eigenvalue weighted by Crippen LogP contribution is 2.10. The lowest BCUT2D eigenvalue weighted by Crippen LogP contribution is -2.34. The molecule has 1 aromatic heterocycles. The molecular weight excluding hydrogens is 244 g/mol. The number of aryl methyl sites for hydroxylation is 1. The average molecular weight is 266 g/mol. The van der Waals surface area contributed by atoms with Crippen LogP contribution in [0, 0.1) is 12.8 Å². The molecule has 1 saturated heterocycles. The molecule has 0 aromatic carbocycles. The number of hydrogen-bond acceptors (Lipinski definition) is 5. The lowest BCUT2D eigenvalue weighted by Gasteiger charge is -2.23. The van der Waals surface area contributed by atoms with Crippen LogP contribution >= 0.6 is 0 Å². The van der Waals surface area contributed by atoms with Crippen LogP contribution in [0.15, 0.2) is 4.79 Å². The van der Waals surface area contributed by atoms with Crippen LogP contribution in [0.5, 0.6) is 0 Å². The van der Waals surface area contributed by atoms with E-state index in [0.717, 1.165) is 19.6 Å². The van der Waals surface area contributed by atoms with Crippen LogP contribution in [0.1, 0.15) is 24.1 Å². The highest BCUT2D eigenvalue weighted by Gasteiger charge is 2.13. The van der Waals surface area contributed by atoms with E-state index in [1.807, 2.05) is 0 Å². The third kappa shape index (κ3) is 3.78. The van der Waals surface area contributed by atoms with Crippen LogP contribution < -0.4 is 16.2 Å². The summed E-state index contributed by atoms with van der Waals surface area (Å²) in [6, 6.07) is 0. The molecule has 2 heterocycles. The number of nitrogens with zero attached hydrogens (tertiary/aromatic N) is 1. The first-order valence-corrected chi connectivity index (χ1v) is 6.86. The number of piperidine rings is 1. The molecule has 1 unspecified atom stereocenters. The van der Waals surface area contributed by atoms with Crippen LogP contribution in [-0.4, -0.2) is 41.3 Å². The van der Waals surface area contributed by atoms with Crippen molar-refractivity contribution in [3.63, 3.8) is 0 Å². The molecule has 6 heteroatoms. The van der Waals surface area contributed by atoms with Crippen LogP contribution in [0.25, 0.3) is 0 Å². The fourth-order valence-corrected chi connectivity index (χ4v) is 2.44. The number of anilines is 1. The van der Waals surface area contributed by atoms with Crippen LogP contribution in [0.2, 0.25) is 0 Å². The van der Waals surface area contributed by atoms with Crippen molar-refractivity contribution in [3.8, 4) is 0 Å². The minimum Gasteiger partial charge on any atom is -0.396 e. The Morgan fingerprint density at radius 1 is 1.53 bits per heavy atom. The Kier molecular flexibility index (Phi) is 4.93. The molecule has 1 aromatic rings. The van der Waals surface area contributed by atoms with Crippen molar-refractivity contribution in [3.05, 3.63) is 21.6 Å². The van der Waals surface area contributed by atoms with E-state index in [0.29, 0.717) is 29.5 Å². The standard InChI is InChI=1S/C13H22N4O2/c1-9-11(4-6-18)12(19)17-13(16-9)15-8-10-3-2-5-14-7-10/h10,14,18H,2-8H2,1H3,(H2,15,16,17,19). The van der Waals surface area contributed by atoms with Crippen molar-refractivity contribution in [2.75, 3.05) is 31.6 Å². The van der Waals surface area contributed by atoms with Gasteiger partial charge in [-0.1, -0.05) is 0 Å². The number of nitrogens with one attached hydrogen (secondary N) is 3. The van der Waals surface area contributed by atoms with E-state index in [4.69, 9.17) is 5.11 Å². The van der Waals surface area contributed by atoms with Crippen LogP contribution in [0.4, 0.5) is 5.95 Å². The molecule has 0 amide bonds. The molecule has 0 aliphatic carbocycles. The van der Waals surface area contributed by atoms with E-state index in [1.165, 1.54) is 12.8 Å². The topological polar surface area (TPSA) is 90.0 Å². The highest BCUT2D eigenvalue weighted by atomic mass is 16.3. The Hall–Kier alpha value is -1.40. The summed E-state index contributed by atoms with van der Waals surface area (Å²) in [5.74, 6) is 1.10. The summed E-state index contributed by atoms with van der Waals surface area (Å²) in [5.41, 5.74) is 1.08. The maximum absolute atomic E-state index is 11.8. The Balaban J connectivity index is 1.98. The van der Waals surface area contributed by atoms with Gasteiger partial charge in [0.2, 0.25) is 5.95 Å². The van der Waals surface area contributed by atoms with Gasteiger partial charge in [-0.3, -0.25) is 9.78 Å². The molecule has 1 aliphatic heterocycles. The van der Waals surface area contributed by atoms with Crippen molar-refractivity contribution in [1.29, 1.82) is 0 Å². The fourth-order valence-electron chi connectivity index (χ4n) is 2.44. The smallest absolute Gasteiger partial charge is 0.255 e. The molecule has 106 valence electrons. The Labute approximate surface area is 112 Å². The number of hydrogen-bond donors (Lipinski definition) is 4. The lowest BCUT2D eigenvalue weighted by molar-refractivity contribution is 0.298. The Bertz CT molecular complexity index is 466. The molecule has 1 fully saturated rings. The number of rotatable bonds is 5. The van der Waals surface area contributed by atoms with E-state index in [1.54, 1.807) is 6.92 Å². The van der Waals surface area contributed by atoms with Crippen molar-refractivity contribution in [2.45, 2.75) is 26.2 Å². The van der Waals surface area contributed by atoms with Crippen molar-refractivity contribution < 1.29 is 5.11 Å². The largest absolute Gasteiger partial charge is 0.396 e. The first-order valence-electron chi connectivity index (χ1n) is 6.86. The molecule has 4 N–H and O–H groups in total. The molecule has 6 nitrogen and oxygen atoms in total. The number of aromatic nitrogens is 2. The normalized spacial score (nSPS) is 19.4. The van der Waals surface area contributed by atoms with Gasteiger partial charge < -0.3 is 15.7 Å².